The molecule has 1 unspecified atom stereocenters. The molecular formula is C14H14F3N2O+. The number of hydrogen-bond acceptors (Lipinski definition) is 2. The van der Waals surface area contributed by atoms with E-state index in [-0.39, 0.29) is 11.6 Å². The SMILES string of the molecule is C[N+]1(C)C=CC2C3=CC(=O)C=C(C(F)(F)F)C3=CN2C1. The number of rotatable bonds is 0. The fraction of sp³-hybridized carbons (Fsp3) is 0.357. The first-order valence-electron chi connectivity index (χ1n) is 6.22. The number of quaternary nitrogens is 1. The van der Waals surface area contributed by atoms with Gasteiger partial charge >= 0.3 is 6.18 Å². The lowest BCUT2D eigenvalue weighted by atomic mass is 9.89. The second-order valence-electron chi connectivity index (χ2n) is 5.82. The molecule has 0 saturated carbocycles. The van der Waals surface area contributed by atoms with Crippen LogP contribution in [0, 0.1) is 0 Å². The van der Waals surface area contributed by atoms with E-state index in [9.17, 15) is 18.0 Å². The van der Waals surface area contributed by atoms with Gasteiger partial charge in [0.25, 0.3) is 0 Å². The Hall–Kier alpha value is -1.82. The summed E-state index contributed by atoms with van der Waals surface area (Å²) in [4.78, 5) is 13.4. The van der Waals surface area contributed by atoms with Gasteiger partial charge in [-0.15, -0.1) is 0 Å². The van der Waals surface area contributed by atoms with Crippen molar-refractivity contribution in [3.8, 4) is 0 Å². The first kappa shape index (κ1) is 13.2. The molecule has 0 spiro atoms. The Kier molecular flexibility index (Phi) is 2.54. The van der Waals surface area contributed by atoms with E-state index < -0.39 is 17.5 Å². The Morgan fingerprint density at radius 1 is 1.30 bits per heavy atom. The van der Waals surface area contributed by atoms with Crippen molar-refractivity contribution >= 4 is 5.78 Å². The van der Waals surface area contributed by atoms with Gasteiger partial charge in [-0.2, -0.15) is 13.2 Å². The molecule has 2 aliphatic heterocycles. The smallest absolute Gasteiger partial charge is 0.320 e. The van der Waals surface area contributed by atoms with Gasteiger partial charge in [-0.1, -0.05) is 0 Å². The zero-order valence-corrected chi connectivity index (χ0v) is 11.1. The van der Waals surface area contributed by atoms with Gasteiger partial charge in [0.15, 0.2) is 12.5 Å². The summed E-state index contributed by atoms with van der Waals surface area (Å²) in [5, 5.41) is 0. The molecule has 0 bridgehead atoms. The highest BCUT2D eigenvalue weighted by molar-refractivity contribution is 6.04. The Bertz CT molecular complexity index is 608. The highest BCUT2D eigenvalue weighted by Gasteiger charge is 2.45. The van der Waals surface area contributed by atoms with E-state index in [4.69, 9.17) is 0 Å². The van der Waals surface area contributed by atoms with Crippen LogP contribution in [-0.4, -0.2) is 48.1 Å². The van der Waals surface area contributed by atoms with Crippen LogP contribution in [0.5, 0.6) is 0 Å². The molecule has 106 valence electrons. The second kappa shape index (κ2) is 3.85. The molecule has 3 nitrogen and oxygen atoms in total. The van der Waals surface area contributed by atoms with Gasteiger partial charge in [0.2, 0.25) is 0 Å². The second-order valence-corrected chi connectivity index (χ2v) is 5.82. The third-order valence-electron chi connectivity index (χ3n) is 3.66. The number of fused-ring (bicyclic) bond motifs is 3. The van der Waals surface area contributed by atoms with Crippen LogP contribution in [0.1, 0.15) is 0 Å². The van der Waals surface area contributed by atoms with Crippen molar-refractivity contribution in [2.75, 3.05) is 20.8 Å². The fourth-order valence-electron chi connectivity index (χ4n) is 2.82. The molecule has 3 rings (SSSR count). The molecular weight excluding hydrogens is 269 g/mol. The van der Waals surface area contributed by atoms with Crippen molar-refractivity contribution in [2.24, 2.45) is 0 Å². The van der Waals surface area contributed by atoms with Gasteiger partial charge < -0.3 is 4.90 Å². The Labute approximate surface area is 114 Å². The van der Waals surface area contributed by atoms with Crippen LogP contribution in [0.4, 0.5) is 13.2 Å². The maximum Gasteiger partial charge on any atom is 0.417 e. The highest BCUT2D eigenvalue weighted by atomic mass is 19.4. The number of nitrogens with zero attached hydrogens (tertiary/aromatic N) is 2. The van der Waals surface area contributed by atoms with Gasteiger partial charge in [-0.25, -0.2) is 0 Å². The summed E-state index contributed by atoms with van der Waals surface area (Å²) in [5.41, 5.74) is -0.275. The Balaban J connectivity index is 2.07. The average Bonchev–Trinajstić information content (AvgIpc) is 2.62. The normalized spacial score (nSPS) is 27.6. The summed E-state index contributed by atoms with van der Waals surface area (Å²) in [6.45, 7) is 0.571. The molecule has 0 aromatic heterocycles. The lowest BCUT2D eigenvalue weighted by molar-refractivity contribution is -0.852. The van der Waals surface area contributed by atoms with E-state index in [1.165, 1.54) is 12.3 Å². The van der Waals surface area contributed by atoms with Gasteiger partial charge in [-0.3, -0.25) is 9.28 Å². The average molecular weight is 283 g/mol. The Morgan fingerprint density at radius 2 is 2.00 bits per heavy atom. The maximum absolute atomic E-state index is 13.1. The lowest BCUT2D eigenvalue weighted by Gasteiger charge is -2.37. The van der Waals surface area contributed by atoms with Gasteiger partial charge in [0.05, 0.1) is 31.9 Å². The third-order valence-corrected chi connectivity index (χ3v) is 3.66. The van der Waals surface area contributed by atoms with Crippen molar-refractivity contribution in [3.63, 3.8) is 0 Å². The summed E-state index contributed by atoms with van der Waals surface area (Å²) in [6, 6.07) is -0.272. The Morgan fingerprint density at radius 3 is 2.65 bits per heavy atom. The maximum atomic E-state index is 13.1. The summed E-state index contributed by atoms with van der Waals surface area (Å²) < 4.78 is 39.7. The summed E-state index contributed by atoms with van der Waals surface area (Å²) >= 11 is 0. The molecule has 1 aliphatic carbocycles. The van der Waals surface area contributed by atoms with Gasteiger partial charge in [0.1, 0.15) is 0 Å². The predicted octanol–water partition coefficient (Wildman–Crippen LogP) is 2.11. The van der Waals surface area contributed by atoms with Crippen molar-refractivity contribution in [1.82, 2.24) is 4.90 Å². The first-order valence-corrected chi connectivity index (χ1v) is 6.22. The number of carbonyl (C=O) groups is 1. The van der Waals surface area contributed by atoms with E-state index in [2.05, 4.69) is 0 Å². The molecule has 0 radical (unpaired) electrons. The first-order chi connectivity index (χ1) is 9.17. The number of ketones is 1. The van der Waals surface area contributed by atoms with Gasteiger partial charge in [0, 0.05) is 11.8 Å². The lowest BCUT2D eigenvalue weighted by Crippen LogP contribution is -2.48. The van der Waals surface area contributed by atoms with E-state index in [1.54, 1.807) is 0 Å². The number of hydrogen-bond donors (Lipinski definition) is 0. The minimum atomic E-state index is -4.51. The van der Waals surface area contributed by atoms with Crippen LogP contribution < -0.4 is 0 Å². The van der Waals surface area contributed by atoms with Crippen molar-refractivity contribution in [3.05, 3.63) is 47.3 Å². The van der Waals surface area contributed by atoms with Crippen LogP contribution in [-0.2, 0) is 4.79 Å². The zero-order valence-electron chi connectivity index (χ0n) is 11.1. The molecule has 20 heavy (non-hydrogen) atoms. The number of carbonyl (C=O) groups excluding carboxylic acids is 1. The third kappa shape index (κ3) is 2.00. The minimum Gasteiger partial charge on any atom is -0.320 e. The number of alkyl halides is 3. The largest absolute Gasteiger partial charge is 0.417 e. The standard InChI is InChI=1S/C14H14F3N2O/c1-19(2)4-3-13-10-5-9(20)6-12(14(15,16)17)11(10)7-18(13)8-19/h3-7,13H,8H2,1-2H3/q+1. The van der Waals surface area contributed by atoms with Crippen LogP contribution in [0.2, 0.25) is 0 Å². The van der Waals surface area contributed by atoms with E-state index >= 15 is 0 Å². The molecule has 0 aromatic carbocycles. The van der Waals surface area contributed by atoms with E-state index in [0.29, 0.717) is 22.8 Å². The van der Waals surface area contributed by atoms with E-state index in [1.807, 2.05) is 31.3 Å². The monoisotopic (exact) mass is 283 g/mol. The fourth-order valence-corrected chi connectivity index (χ4v) is 2.82. The van der Waals surface area contributed by atoms with Crippen molar-refractivity contribution < 1.29 is 22.4 Å². The predicted molar refractivity (Wildman–Crippen MR) is 67.1 cm³/mol. The van der Waals surface area contributed by atoms with Crippen LogP contribution >= 0.6 is 0 Å². The number of halogens is 3. The molecule has 0 fully saturated rings. The zero-order chi connectivity index (χ0) is 14.7. The molecule has 2 heterocycles. The molecule has 1 atom stereocenters. The van der Waals surface area contributed by atoms with Crippen molar-refractivity contribution in [2.45, 2.75) is 12.2 Å². The number of allylic oxidation sites excluding steroid dienone is 3. The van der Waals surface area contributed by atoms with Crippen LogP contribution in [0.25, 0.3) is 0 Å². The molecule has 0 amide bonds. The quantitative estimate of drug-likeness (QED) is 0.635. The van der Waals surface area contributed by atoms with E-state index in [0.717, 1.165) is 0 Å². The summed E-state index contributed by atoms with van der Waals surface area (Å²) in [7, 11) is 3.93. The summed E-state index contributed by atoms with van der Waals surface area (Å²) in [5.74, 6) is -0.598. The van der Waals surface area contributed by atoms with Gasteiger partial charge in [-0.05, 0) is 23.8 Å². The van der Waals surface area contributed by atoms with Crippen molar-refractivity contribution in [1.29, 1.82) is 0 Å². The molecule has 3 aliphatic rings. The summed E-state index contributed by atoms with van der Waals surface area (Å²) in [6.07, 6.45) is 2.79. The van der Waals surface area contributed by atoms with Crippen LogP contribution in [0.15, 0.2) is 47.3 Å². The van der Waals surface area contributed by atoms with Crippen LogP contribution in [0.3, 0.4) is 0 Å². The minimum absolute atomic E-state index is 0.119. The molecule has 0 saturated heterocycles. The topological polar surface area (TPSA) is 20.3 Å². The molecule has 6 heteroatoms. The molecule has 0 N–H and O–H groups in total. The highest BCUT2D eigenvalue weighted by Crippen LogP contribution is 2.43. The molecule has 0 aromatic rings.